The maximum absolute atomic E-state index is 13.2. The van der Waals surface area contributed by atoms with Crippen LogP contribution in [0, 0.1) is 0 Å². The smallest absolute Gasteiger partial charge is 0.220 e. The molecule has 1 aliphatic rings. The van der Waals surface area contributed by atoms with E-state index in [1.165, 1.54) is 193 Å². The molecule has 0 aromatic carbocycles. The van der Waals surface area contributed by atoms with Gasteiger partial charge in [-0.2, -0.15) is 0 Å². The summed E-state index contributed by atoms with van der Waals surface area (Å²) in [6, 6.07) is -0.840. The van der Waals surface area contributed by atoms with Crippen LogP contribution in [0.5, 0.6) is 0 Å². The van der Waals surface area contributed by atoms with Gasteiger partial charge in [0.05, 0.1) is 25.4 Å². The van der Waals surface area contributed by atoms with Crippen molar-refractivity contribution in [2.75, 3.05) is 13.2 Å². The summed E-state index contributed by atoms with van der Waals surface area (Å²) in [5.74, 6) is -0.195. The average molecular weight is 1280 g/mol. The number of amides is 1. The molecule has 0 radical (unpaired) electrons. The molecule has 0 saturated carbocycles. The lowest BCUT2D eigenvalue weighted by atomic mass is 9.99. The Morgan fingerprint density at radius 2 is 0.685 bits per heavy atom. The molecule has 7 atom stereocenters. The number of ether oxygens (including phenoxy) is 2. The number of nitrogens with one attached hydrogen (secondary N) is 1. The van der Waals surface area contributed by atoms with Crippen molar-refractivity contribution >= 4 is 5.91 Å². The fourth-order valence-electron chi connectivity index (χ4n) is 11.2. The minimum atomic E-state index is -1.58. The lowest BCUT2D eigenvalue weighted by Gasteiger charge is -2.40. The van der Waals surface area contributed by atoms with Crippen LogP contribution in [0.25, 0.3) is 0 Å². The van der Waals surface area contributed by atoms with Crippen molar-refractivity contribution < 1.29 is 39.8 Å². The van der Waals surface area contributed by atoms with Crippen molar-refractivity contribution in [3.05, 3.63) is 146 Å². The molecule has 1 rings (SSSR count). The molecule has 92 heavy (non-hydrogen) atoms. The van der Waals surface area contributed by atoms with Crippen molar-refractivity contribution in [2.45, 2.75) is 358 Å². The van der Waals surface area contributed by atoms with Crippen LogP contribution in [0.15, 0.2) is 146 Å². The summed E-state index contributed by atoms with van der Waals surface area (Å²) < 4.78 is 11.3. The summed E-state index contributed by atoms with van der Waals surface area (Å²) in [5.41, 5.74) is 0. The molecule has 1 amide bonds. The summed E-state index contributed by atoms with van der Waals surface area (Å²) in [4.78, 5) is 13.2. The highest BCUT2D eigenvalue weighted by Gasteiger charge is 2.44. The topological polar surface area (TPSA) is 149 Å². The molecule has 1 heterocycles. The highest BCUT2D eigenvalue weighted by Crippen LogP contribution is 2.23. The van der Waals surface area contributed by atoms with Gasteiger partial charge in [-0.25, -0.2) is 0 Å². The van der Waals surface area contributed by atoms with Gasteiger partial charge in [0, 0.05) is 6.42 Å². The van der Waals surface area contributed by atoms with Crippen molar-refractivity contribution in [3.8, 4) is 0 Å². The predicted octanol–water partition coefficient (Wildman–Crippen LogP) is 21.7. The zero-order valence-electron chi connectivity index (χ0n) is 59.0. The van der Waals surface area contributed by atoms with E-state index < -0.39 is 49.5 Å². The lowest BCUT2D eigenvalue weighted by Crippen LogP contribution is -2.60. The maximum Gasteiger partial charge on any atom is 0.220 e. The van der Waals surface area contributed by atoms with Gasteiger partial charge in [0.2, 0.25) is 5.91 Å². The summed E-state index contributed by atoms with van der Waals surface area (Å²) in [6.07, 6.45) is 101. The Balaban J connectivity index is 2.14. The lowest BCUT2D eigenvalue weighted by molar-refractivity contribution is -0.302. The summed E-state index contributed by atoms with van der Waals surface area (Å²) >= 11 is 0. The first-order chi connectivity index (χ1) is 45.3. The molecule has 1 aliphatic heterocycles. The molecular weight excluding hydrogens is 1140 g/mol. The third kappa shape index (κ3) is 57.5. The molecule has 9 nitrogen and oxygen atoms in total. The molecule has 0 aromatic rings. The number of rotatable bonds is 65. The van der Waals surface area contributed by atoms with Gasteiger partial charge in [0.15, 0.2) is 6.29 Å². The van der Waals surface area contributed by atoms with E-state index in [2.05, 4.69) is 153 Å². The number of aliphatic hydroxyl groups excluding tert-OH is 5. The second-order valence-corrected chi connectivity index (χ2v) is 25.7. The Labute approximate surface area is 565 Å². The highest BCUT2D eigenvalue weighted by molar-refractivity contribution is 5.76. The van der Waals surface area contributed by atoms with E-state index in [-0.39, 0.29) is 12.5 Å². The summed E-state index contributed by atoms with van der Waals surface area (Å²) in [6.45, 7) is 3.67. The monoisotopic (exact) mass is 1280 g/mol. The van der Waals surface area contributed by atoms with E-state index in [1.807, 2.05) is 6.08 Å². The molecule has 6 N–H and O–H groups in total. The first-order valence-corrected chi connectivity index (χ1v) is 38.1. The first-order valence-electron chi connectivity index (χ1n) is 38.1. The molecule has 0 aromatic heterocycles. The molecule has 7 unspecified atom stereocenters. The Bertz CT molecular complexity index is 1970. The van der Waals surface area contributed by atoms with Gasteiger partial charge in [-0.05, 0) is 116 Å². The largest absolute Gasteiger partial charge is 0.394 e. The second kappa shape index (κ2) is 69.9. The Morgan fingerprint density at radius 1 is 0.380 bits per heavy atom. The van der Waals surface area contributed by atoms with Gasteiger partial charge in [-0.1, -0.05) is 339 Å². The number of allylic oxidation sites excluding steroid dienone is 23. The van der Waals surface area contributed by atoms with Gasteiger partial charge in [0.1, 0.15) is 24.4 Å². The van der Waals surface area contributed by atoms with Crippen LogP contribution in [0.3, 0.4) is 0 Å². The zero-order chi connectivity index (χ0) is 66.4. The number of aliphatic hydroxyl groups is 5. The zero-order valence-corrected chi connectivity index (χ0v) is 59.0. The Hall–Kier alpha value is -3.93. The van der Waals surface area contributed by atoms with Gasteiger partial charge in [-0.15, -0.1) is 0 Å². The van der Waals surface area contributed by atoms with Crippen LogP contribution in [0.4, 0.5) is 0 Å². The van der Waals surface area contributed by atoms with Crippen molar-refractivity contribution in [1.82, 2.24) is 5.32 Å². The van der Waals surface area contributed by atoms with E-state index >= 15 is 0 Å². The van der Waals surface area contributed by atoms with Crippen molar-refractivity contribution in [2.24, 2.45) is 0 Å². The molecular formula is C83H141NO8. The Kier molecular flexibility index (Phi) is 65.4. The predicted molar refractivity (Wildman–Crippen MR) is 396 cm³/mol. The van der Waals surface area contributed by atoms with E-state index in [1.54, 1.807) is 6.08 Å². The fraction of sp³-hybridized carbons (Fsp3) is 0.699. The number of carbonyl (C=O) groups excluding carboxylic acids is 1. The van der Waals surface area contributed by atoms with Gasteiger partial charge in [0.25, 0.3) is 0 Å². The van der Waals surface area contributed by atoms with E-state index in [0.29, 0.717) is 6.42 Å². The number of hydrogen-bond acceptors (Lipinski definition) is 8. The van der Waals surface area contributed by atoms with Gasteiger partial charge >= 0.3 is 0 Å². The average Bonchev–Trinajstić information content (AvgIpc) is 1.00. The van der Waals surface area contributed by atoms with E-state index in [0.717, 1.165) is 103 Å². The minimum absolute atomic E-state index is 0.195. The maximum atomic E-state index is 13.2. The van der Waals surface area contributed by atoms with Crippen LogP contribution in [-0.2, 0) is 14.3 Å². The third-order valence-electron chi connectivity index (χ3n) is 17.1. The van der Waals surface area contributed by atoms with E-state index in [4.69, 9.17) is 9.47 Å². The second-order valence-electron chi connectivity index (χ2n) is 25.7. The highest BCUT2D eigenvalue weighted by atomic mass is 16.7. The Morgan fingerprint density at radius 3 is 1.04 bits per heavy atom. The number of hydrogen-bond donors (Lipinski definition) is 6. The molecule has 0 bridgehead atoms. The standard InChI is InChI=1S/C83H141NO8/c1-3-5-7-9-11-13-15-17-19-21-23-25-27-29-31-33-34-35-36-37-38-39-40-41-42-43-44-45-47-49-51-53-55-57-59-61-63-65-67-69-71-73-79(87)84-76(75-91-83-82(90)81(89)80(88)78(74-85)92-83)77(86)72-70-68-66-64-62-60-58-56-54-52-50-48-46-32-30-28-26-24-22-20-18-16-14-12-10-8-6-4-2/h5,7,11,13,17,19,23,25,29,31,34-35,37-38,40-41,43-44,54,56,62,64,70,72,76-78,80-83,85-86,88-90H,3-4,6,8-10,12,14-16,18,20-22,24,26-28,30,32-33,36,39,42,45-53,55,57-61,63,65-69,71,73-75H2,1-2H3,(H,84,87)/b7-5-,13-11-,19-17-,25-23-,31-29-,35-34-,38-37-,41-40-,44-43-,56-54+,64-62+,72-70+. The molecule has 1 fully saturated rings. The van der Waals surface area contributed by atoms with Gasteiger partial charge < -0.3 is 40.3 Å². The summed E-state index contributed by atoms with van der Waals surface area (Å²) in [5, 5.41) is 54.8. The normalized spacial score (nSPS) is 18.5. The van der Waals surface area contributed by atoms with Gasteiger partial charge in [-0.3, -0.25) is 4.79 Å². The van der Waals surface area contributed by atoms with Crippen LogP contribution < -0.4 is 5.32 Å². The molecule has 0 spiro atoms. The van der Waals surface area contributed by atoms with Crippen molar-refractivity contribution in [3.63, 3.8) is 0 Å². The summed E-state index contributed by atoms with van der Waals surface area (Å²) in [7, 11) is 0. The fourth-order valence-corrected chi connectivity index (χ4v) is 11.2. The first kappa shape index (κ1) is 86.1. The number of unbranched alkanes of at least 4 members (excludes halogenated alkanes) is 33. The van der Waals surface area contributed by atoms with Crippen molar-refractivity contribution in [1.29, 1.82) is 0 Å². The van der Waals surface area contributed by atoms with Crippen LogP contribution in [0.2, 0.25) is 0 Å². The molecule has 1 saturated heterocycles. The third-order valence-corrected chi connectivity index (χ3v) is 17.1. The molecule has 526 valence electrons. The van der Waals surface area contributed by atoms with Crippen LogP contribution >= 0.6 is 0 Å². The quantitative estimate of drug-likeness (QED) is 0.0261. The molecule has 9 heteroatoms. The van der Waals surface area contributed by atoms with E-state index in [9.17, 15) is 30.3 Å². The van der Waals surface area contributed by atoms with Crippen LogP contribution in [-0.4, -0.2) is 87.5 Å². The minimum Gasteiger partial charge on any atom is -0.394 e. The molecule has 0 aliphatic carbocycles. The number of carbonyl (C=O) groups is 1. The SMILES string of the molecule is CC/C=C\C/C=C\C/C=C\C/C=C\C/C=C\C/C=C\C/C=C\C/C=C\C/C=C\CCCCCCCCCCCCCCCC(=O)NC(COC1OC(CO)C(O)C(O)C1O)C(O)/C=C/CC/C=C/CC/C=C/CCCCCCCCCCCCCCCCCCCC. The van der Waals surface area contributed by atoms with Crippen LogP contribution in [0.1, 0.15) is 316 Å².